The third-order valence-corrected chi connectivity index (χ3v) is 4.81. The SMILES string of the molecule is CC1(C)Oc2ncc(Cl)cc2[N+](OC(=O)C(F)(F)F)(C2CCNCC2)C1=O. The summed E-state index contributed by atoms with van der Waals surface area (Å²) in [5, 5.41) is 3.14. The van der Waals surface area contributed by atoms with E-state index in [0.717, 1.165) is 0 Å². The van der Waals surface area contributed by atoms with Crippen LogP contribution in [0, 0.1) is 0 Å². The maximum Gasteiger partial charge on any atom is 0.497 e. The van der Waals surface area contributed by atoms with Gasteiger partial charge in [-0.1, -0.05) is 11.6 Å². The topological polar surface area (TPSA) is 77.5 Å². The lowest BCUT2D eigenvalue weighted by Crippen LogP contribution is -2.71. The highest BCUT2D eigenvalue weighted by Crippen LogP contribution is 2.46. The Morgan fingerprint density at radius 2 is 2.04 bits per heavy atom. The summed E-state index contributed by atoms with van der Waals surface area (Å²) in [6, 6.07) is 0.509. The molecule has 1 amide bonds. The lowest BCUT2D eigenvalue weighted by molar-refractivity contribution is -0.248. The third kappa shape index (κ3) is 3.37. The van der Waals surface area contributed by atoms with Crippen LogP contribution in [-0.2, 0) is 14.4 Å². The van der Waals surface area contributed by atoms with Crippen LogP contribution < -0.4 is 14.7 Å². The highest BCUT2D eigenvalue weighted by Gasteiger charge is 2.65. The molecule has 11 heteroatoms. The Balaban J connectivity index is 2.24. The van der Waals surface area contributed by atoms with Gasteiger partial charge in [0.2, 0.25) is 11.3 Å². The molecule has 1 unspecified atom stereocenters. The Bertz CT molecular complexity index is 781. The summed E-state index contributed by atoms with van der Waals surface area (Å²) in [5.74, 6) is -3.39. The number of ether oxygens (including phenoxy) is 1. The largest absolute Gasteiger partial charge is 0.497 e. The number of amides is 1. The van der Waals surface area contributed by atoms with E-state index < -0.39 is 34.3 Å². The summed E-state index contributed by atoms with van der Waals surface area (Å²) in [6.07, 6.45) is -3.42. The molecule has 2 aliphatic heterocycles. The van der Waals surface area contributed by atoms with Gasteiger partial charge in [-0.25, -0.2) is 14.6 Å². The zero-order chi connectivity index (χ0) is 20.0. The van der Waals surface area contributed by atoms with Crippen LogP contribution >= 0.6 is 11.6 Å². The van der Waals surface area contributed by atoms with Gasteiger partial charge in [-0.3, -0.25) is 4.84 Å². The lowest BCUT2D eigenvalue weighted by atomic mass is 9.97. The number of alkyl halides is 3. The van der Waals surface area contributed by atoms with E-state index in [0.29, 0.717) is 25.9 Å². The Kier molecular flexibility index (Phi) is 4.86. The van der Waals surface area contributed by atoms with Crippen molar-refractivity contribution in [2.45, 2.75) is 44.5 Å². The first kappa shape index (κ1) is 19.8. The molecule has 1 atom stereocenters. The van der Waals surface area contributed by atoms with Crippen molar-refractivity contribution >= 4 is 29.2 Å². The molecular formula is C16H18ClF3N3O4+. The molecule has 27 heavy (non-hydrogen) atoms. The van der Waals surface area contributed by atoms with Crippen molar-refractivity contribution in [1.29, 1.82) is 0 Å². The fourth-order valence-electron chi connectivity index (χ4n) is 3.41. The number of quaternary nitrogens is 1. The molecule has 2 aliphatic rings. The maximum atomic E-state index is 13.3. The monoisotopic (exact) mass is 408 g/mol. The number of hydrogen-bond donors (Lipinski definition) is 1. The Labute approximate surface area is 157 Å². The number of piperidine rings is 1. The van der Waals surface area contributed by atoms with E-state index >= 15 is 0 Å². The normalized spacial score (nSPS) is 25.5. The van der Waals surface area contributed by atoms with Gasteiger partial charge in [0.05, 0.1) is 5.02 Å². The molecule has 7 nitrogen and oxygen atoms in total. The zero-order valence-corrected chi connectivity index (χ0v) is 15.4. The quantitative estimate of drug-likeness (QED) is 0.758. The van der Waals surface area contributed by atoms with E-state index in [1.807, 2.05) is 0 Å². The van der Waals surface area contributed by atoms with Crippen molar-refractivity contribution < 1.29 is 32.3 Å². The number of rotatable bonds is 2. The predicted octanol–water partition coefficient (Wildman–Crippen LogP) is 2.51. The smallest absolute Gasteiger partial charge is 0.453 e. The number of nitrogens with one attached hydrogen (secondary N) is 1. The first-order chi connectivity index (χ1) is 12.5. The van der Waals surface area contributed by atoms with Gasteiger partial charge in [0, 0.05) is 38.2 Å². The van der Waals surface area contributed by atoms with Crippen LogP contribution in [0.3, 0.4) is 0 Å². The Morgan fingerprint density at radius 3 is 2.63 bits per heavy atom. The summed E-state index contributed by atoms with van der Waals surface area (Å²) < 4.78 is 43.4. The summed E-state index contributed by atoms with van der Waals surface area (Å²) >= 11 is 5.97. The van der Waals surface area contributed by atoms with Crippen LogP contribution in [0.2, 0.25) is 5.02 Å². The molecule has 148 valence electrons. The van der Waals surface area contributed by atoms with Crippen LogP contribution in [0.4, 0.5) is 18.9 Å². The summed E-state index contributed by atoms with van der Waals surface area (Å²) in [5.41, 5.74) is -1.68. The van der Waals surface area contributed by atoms with E-state index in [4.69, 9.17) is 21.2 Å². The van der Waals surface area contributed by atoms with Crippen molar-refractivity contribution in [3.63, 3.8) is 0 Å². The molecule has 0 saturated carbocycles. The van der Waals surface area contributed by atoms with Crippen molar-refractivity contribution in [3.8, 4) is 5.88 Å². The fourth-order valence-corrected chi connectivity index (χ4v) is 3.56. The highest BCUT2D eigenvalue weighted by atomic mass is 35.5. The fraction of sp³-hybridized carbons (Fsp3) is 0.562. The van der Waals surface area contributed by atoms with E-state index in [2.05, 4.69) is 10.3 Å². The number of nitrogens with zero attached hydrogens (tertiary/aromatic N) is 2. The van der Waals surface area contributed by atoms with Gasteiger partial charge in [0.15, 0.2) is 0 Å². The first-order valence-electron chi connectivity index (χ1n) is 8.29. The molecule has 0 aliphatic carbocycles. The third-order valence-electron chi connectivity index (χ3n) is 4.61. The molecule has 0 bridgehead atoms. The number of pyridine rings is 1. The molecule has 3 heterocycles. The summed E-state index contributed by atoms with van der Waals surface area (Å²) in [7, 11) is 0. The number of halogens is 4. The molecule has 1 fully saturated rings. The van der Waals surface area contributed by atoms with Gasteiger partial charge in [0.25, 0.3) is 5.88 Å². The van der Waals surface area contributed by atoms with E-state index in [1.54, 1.807) is 0 Å². The lowest BCUT2D eigenvalue weighted by Gasteiger charge is -2.45. The van der Waals surface area contributed by atoms with Crippen molar-refractivity contribution in [2.24, 2.45) is 0 Å². The minimum atomic E-state index is -5.27. The van der Waals surface area contributed by atoms with E-state index in [9.17, 15) is 22.8 Å². The number of hydrogen-bond acceptors (Lipinski definition) is 6. The number of aromatic nitrogens is 1. The number of hydroxylamine groups is 2. The van der Waals surface area contributed by atoms with Gasteiger partial charge in [0.1, 0.15) is 6.04 Å². The Morgan fingerprint density at radius 1 is 1.41 bits per heavy atom. The number of fused-ring (bicyclic) bond motifs is 1. The maximum absolute atomic E-state index is 13.3. The highest BCUT2D eigenvalue weighted by molar-refractivity contribution is 6.30. The Hall–Kier alpha value is -1.91. The second kappa shape index (κ2) is 6.61. The molecule has 0 spiro atoms. The molecule has 0 aromatic carbocycles. The van der Waals surface area contributed by atoms with E-state index in [-0.39, 0.29) is 16.6 Å². The summed E-state index contributed by atoms with van der Waals surface area (Å²) in [6.45, 7) is 3.69. The van der Waals surface area contributed by atoms with Crippen LogP contribution in [-0.4, -0.2) is 47.8 Å². The van der Waals surface area contributed by atoms with Crippen LogP contribution in [0.1, 0.15) is 26.7 Å². The van der Waals surface area contributed by atoms with Gasteiger partial charge >= 0.3 is 18.1 Å². The van der Waals surface area contributed by atoms with Gasteiger partial charge in [-0.05, 0) is 18.5 Å². The molecular weight excluding hydrogens is 391 g/mol. The molecule has 1 saturated heterocycles. The van der Waals surface area contributed by atoms with Crippen LogP contribution in [0.25, 0.3) is 0 Å². The number of carbonyl (C=O) groups is 2. The predicted molar refractivity (Wildman–Crippen MR) is 88.8 cm³/mol. The standard InChI is InChI=1S/C16H18ClF3N3O4/c1-15(2)13(24)23(10-3-5-21-6-4-10,27-14(25)16(18,19)20)11-7-9(17)8-22-12(11)26-15/h7-8,10,21H,3-6H2,1-2H3/q+1. The van der Waals surface area contributed by atoms with Crippen molar-refractivity contribution in [3.05, 3.63) is 17.3 Å². The summed E-state index contributed by atoms with van der Waals surface area (Å²) in [4.78, 5) is 34.1. The number of carbonyl (C=O) groups excluding carboxylic acids is 2. The molecule has 0 radical (unpaired) electrons. The minimum Gasteiger partial charge on any atom is -0.453 e. The molecule has 3 rings (SSSR count). The van der Waals surface area contributed by atoms with Crippen LogP contribution in [0.15, 0.2) is 12.3 Å². The van der Waals surface area contributed by atoms with Gasteiger partial charge in [-0.15, -0.1) is 0 Å². The van der Waals surface area contributed by atoms with Crippen LogP contribution in [0.5, 0.6) is 5.88 Å². The van der Waals surface area contributed by atoms with E-state index in [1.165, 1.54) is 26.1 Å². The average Bonchev–Trinajstić information content (AvgIpc) is 2.59. The van der Waals surface area contributed by atoms with Gasteiger partial charge in [-0.2, -0.15) is 13.2 Å². The molecule has 1 N–H and O–H groups in total. The average molecular weight is 409 g/mol. The second-order valence-corrected chi connectivity index (χ2v) is 7.35. The minimum absolute atomic E-state index is 0.0735. The first-order valence-corrected chi connectivity index (χ1v) is 8.66. The second-order valence-electron chi connectivity index (χ2n) is 6.91. The van der Waals surface area contributed by atoms with Crippen molar-refractivity contribution in [2.75, 3.05) is 13.1 Å². The molecule has 1 aromatic heterocycles. The molecule has 1 aromatic rings. The van der Waals surface area contributed by atoms with Gasteiger partial charge < -0.3 is 10.1 Å². The zero-order valence-electron chi connectivity index (χ0n) is 14.6. The van der Waals surface area contributed by atoms with Crippen molar-refractivity contribution in [1.82, 2.24) is 14.9 Å².